The van der Waals surface area contributed by atoms with Crippen LogP contribution in [0.4, 0.5) is 11.4 Å². The second-order valence-electron chi connectivity index (χ2n) is 6.76. The molecule has 0 aliphatic heterocycles. The fraction of sp³-hybridized carbons (Fsp3) is 0.167. The summed E-state index contributed by atoms with van der Waals surface area (Å²) in [4.78, 5) is 24.8. The van der Waals surface area contributed by atoms with Crippen LogP contribution in [0.2, 0.25) is 5.02 Å². The molecule has 3 aromatic carbocycles. The van der Waals surface area contributed by atoms with Crippen molar-refractivity contribution in [1.82, 2.24) is 0 Å². The van der Waals surface area contributed by atoms with E-state index in [2.05, 4.69) is 10.6 Å². The third kappa shape index (κ3) is 6.49. The van der Waals surface area contributed by atoms with Crippen LogP contribution in [0.1, 0.15) is 22.8 Å². The lowest BCUT2D eigenvalue weighted by atomic mass is 10.1. The lowest BCUT2D eigenvalue weighted by Crippen LogP contribution is -2.21. The predicted octanol–water partition coefficient (Wildman–Crippen LogP) is 5.32. The molecule has 0 fully saturated rings. The van der Waals surface area contributed by atoms with E-state index in [-0.39, 0.29) is 18.4 Å². The summed E-state index contributed by atoms with van der Waals surface area (Å²) in [5, 5.41) is 5.80. The van der Waals surface area contributed by atoms with E-state index in [1.54, 1.807) is 48.5 Å². The summed E-state index contributed by atoms with van der Waals surface area (Å²) in [5.41, 5.74) is 2.41. The van der Waals surface area contributed by atoms with Crippen molar-refractivity contribution in [2.75, 3.05) is 23.8 Å². The largest absolute Gasteiger partial charge is 0.494 e. The van der Waals surface area contributed by atoms with E-state index in [0.717, 1.165) is 11.3 Å². The zero-order valence-electron chi connectivity index (χ0n) is 17.3. The van der Waals surface area contributed by atoms with Gasteiger partial charge in [0.15, 0.2) is 6.61 Å². The fourth-order valence-corrected chi connectivity index (χ4v) is 2.90. The number of rotatable bonds is 8. The van der Waals surface area contributed by atoms with Crippen molar-refractivity contribution in [3.8, 4) is 11.5 Å². The van der Waals surface area contributed by atoms with E-state index in [1.165, 1.54) is 6.07 Å². The first-order valence-electron chi connectivity index (χ1n) is 9.77. The number of aryl methyl sites for hydroxylation is 1. The molecule has 2 amide bonds. The maximum absolute atomic E-state index is 12.6. The molecule has 0 unspecified atom stereocenters. The predicted molar refractivity (Wildman–Crippen MR) is 122 cm³/mol. The molecular formula is C24H23ClN2O4. The molecule has 0 radical (unpaired) electrons. The third-order valence-electron chi connectivity index (χ3n) is 4.32. The molecular weight excluding hydrogens is 416 g/mol. The Morgan fingerprint density at radius 2 is 1.52 bits per heavy atom. The Labute approximate surface area is 186 Å². The third-order valence-corrected chi connectivity index (χ3v) is 4.65. The molecule has 3 aromatic rings. The highest BCUT2D eigenvalue weighted by atomic mass is 35.5. The summed E-state index contributed by atoms with van der Waals surface area (Å²) in [5.74, 6) is 0.610. The number of anilines is 2. The van der Waals surface area contributed by atoms with Gasteiger partial charge in [-0.1, -0.05) is 29.3 Å². The maximum Gasteiger partial charge on any atom is 0.262 e. The molecule has 0 saturated heterocycles. The molecule has 3 rings (SSSR count). The molecule has 31 heavy (non-hydrogen) atoms. The van der Waals surface area contributed by atoms with Gasteiger partial charge < -0.3 is 20.1 Å². The lowest BCUT2D eigenvalue weighted by Gasteiger charge is -2.11. The van der Waals surface area contributed by atoms with Gasteiger partial charge in [-0.15, -0.1) is 0 Å². The standard InChI is InChI=1S/C24H23ClN2O4/c1-3-30-19-11-7-18(8-12-19)26-24(29)17-6-13-21(25)22(14-17)27-23(28)15-31-20-9-4-16(2)5-10-20/h4-14H,3,15H2,1-2H3,(H,26,29)(H,27,28). The summed E-state index contributed by atoms with van der Waals surface area (Å²) in [6, 6.07) is 19.1. The number of ether oxygens (including phenoxy) is 2. The zero-order valence-corrected chi connectivity index (χ0v) is 18.0. The molecule has 2 N–H and O–H groups in total. The Hall–Kier alpha value is -3.51. The SMILES string of the molecule is CCOc1ccc(NC(=O)c2ccc(Cl)c(NC(=O)COc3ccc(C)cc3)c2)cc1. The molecule has 160 valence electrons. The Bertz CT molecular complexity index is 1050. The van der Waals surface area contributed by atoms with Gasteiger partial charge in [0.1, 0.15) is 11.5 Å². The van der Waals surface area contributed by atoms with Crippen molar-refractivity contribution in [1.29, 1.82) is 0 Å². The lowest BCUT2D eigenvalue weighted by molar-refractivity contribution is -0.118. The van der Waals surface area contributed by atoms with Crippen LogP contribution in [0.5, 0.6) is 11.5 Å². The van der Waals surface area contributed by atoms with Crippen molar-refractivity contribution in [2.45, 2.75) is 13.8 Å². The van der Waals surface area contributed by atoms with Crippen molar-refractivity contribution >= 4 is 34.8 Å². The van der Waals surface area contributed by atoms with E-state index in [0.29, 0.717) is 34.3 Å². The van der Waals surface area contributed by atoms with Gasteiger partial charge in [-0.2, -0.15) is 0 Å². The second kappa shape index (κ2) is 10.5. The van der Waals surface area contributed by atoms with Crippen molar-refractivity contribution in [2.24, 2.45) is 0 Å². The molecule has 0 heterocycles. The van der Waals surface area contributed by atoms with Crippen LogP contribution in [-0.4, -0.2) is 25.0 Å². The van der Waals surface area contributed by atoms with Crippen molar-refractivity contribution in [3.63, 3.8) is 0 Å². The summed E-state index contributed by atoms with van der Waals surface area (Å²) in [6.45, 7) is 4.27. The maximum atomic E-state index is 12.6. The number of nitrogens with one attached hydrogen (secondary N) is 2. The number of halogens is 1. The van der Waals surface area contributed by atoms with Gasteiger partial charge in [0.2, 0.25) is 0 Å². The van der Waals surface area contributed by atoms with E-state index < -0.39 is 0 Å². The zero-order chi connectivity index (χ0) is 22.2. The number of hydrogen-bond donors (Lipinski definition) is 2. The highest BCUT2D eigenvalue weighted by molar-refractivity contribution is 6.34. The van der Waals surface area contributed by atoms with Gasteiger partial charge in [-0.3, -0.25) is 9.59 Å². The molecule has 7 heteroatoms. The van der Waals surface area contributed by atoms with Crippen LogP contribution in [0.25, 0.3) is 0 Å². The first-order chi connectivity index (χ1) is 14.9. The number of carbonyl (C=O) groups is 2. The summed E-state index contributed by atoms with van der Waals surface area (Å²) in [6.07, 6.45) is 0. The van der Waals surface area contributed by atoms with E-state index >= 15 is 0 Å². The monoisotopic (exact) mass is 438 g/mol. The van der Waals surface area contributed by atoms with Crippen molar-refractivity contribution in [3.05, 3.63) is 82.9 Å². The van der Waals surface area contributed by atoms with Gasteiger partial charge in [0.25, 0.3) is 11.8 Å². The molecule has 0 atom stereocenters. The Morgan fingerprint density at radius 3 is 2.19 bits per heavy atom. The number of benzene rings is 3. The van der Waals surface area contributed by atoms with Crippen LogP contribution in [0.3, 0.4) is 0 Å². The minimum Gasteiger partial charge on any atom is -0.494 e. The van der Waals surface area contributed by atoms with E-state index in [1.807, 2.05) is 26.0 Å². The smallest absolute Gasteiger partial charge is 0.262 e. The highest BCUT2D eigenvalue weighted by Crippen LogP contribution is 2.24. The summed E-state index contributed by atoms with van der Waals surface area (Å²) < 4.78 is 10.9. The van der Waals surface area contributed by atoms with Crippen LogP contribution >= 0.6 is 11.6 Å². The number of amides is 2. The number of hydrogen-bond acceptors (Lipinski definition) is 4. The first-order valence-corrected chi connectivity index (χ1v) is 10.2. The minimum absolute atomic E-state index is 0.179. The Kier molecular flexibility index (Phi) is 7.51. The molecule has 0 aliphatic carbocycles. The second-order valence-corrected chi connectivity index (χ2v) is 7.16. The average molecular weight is 439 g/mol. The highest BCUT2D eigenvalue weighted by Gasteiger charge is 2.12. The van der Waals surface area contributed by atoms with Gasteiger partial charge in [-0.05, 0) is 68.4 Å². The van der Waals surface area contributed by atoms with Gasteiger partial charge in [0.05, 0.1) is 17.3 Å². The first kappa shape index (κ1) is 22.2. The molecule has 0 aromatic heterocycles. The number of carbonyl (C=O) groups excluding carboxylic acids is 2. The van der Waals surface area contributed by atoms with Crippen LogP contribution in [0, 0.1) is 6.92 Å². The summed E-state index contributed by atoms with van der Waals surface area (Å²) >= 11 is 6.19. The molecule has 0 aliphatic rings. The minimum atomic E-state index is -0.383. The van der Waals surface area contributed by atoms with E-state index in [4.69, 9.17) is 21.1 Å². The summed E-state index contributed by atoms with van der Waals surface area (Å²) in [7, 11) is 0. The normalized spacial score (nSPS) is 10.3. The van der Waals surface area contributed by atoms with Crippen LogP contribution < -0.4 is 20.1 Å². The van der Waals surface area contributed by atoms with Gasteiger partial charge in [-0.25, -0.2) is 0 Å². The fourth-order valence-electron chi connectivity index (χ4n) is 2.74. The molecule has 0 saturated carbocycles. The van der Waals surface area contributed by atoms with Crippen LogP contribution in [-0.2, 0) is 4.79 Å². The van der Waals surface area contributed by atoms with E-state index in [9.17, 15) is 9.59 Å². The van der Waals surface area contributed by atoms with Gasteiger partial charge >= 0.3 is 0 Å². The molecule has 6 nitrogen and oxygen atoms in total. The topological polar surface area (TPSA) is 76.7 Å². The molecule has 0 bridgehead atoms. The Morgan fingerprint density at radius 1 is 0.871 bits per heavy atom. The Balaban J connectivity index is 1.61. The van der Waals surface area contributed by atoms with Gasteiger partial charge in [0, 0.05) is 11.3 Å². The van der Waals surface area contributed by atoms with Crippen LogP contribution in [0.15, 0.2) is 66.7 Å². The van der Waals surface area contributed by atoms with Crippen molar-refractivity contribution < 1.29 is 19.1 Å². The quantitative estimate of drug-likeness (QED) is 0.499. The average Bonchev–Trinajstić information content (AvgIpc) is 2.76. The molecule has 0 spiro atoms.